The molecule has 48 heavy (non-hydrogen) atoms. The highest BCUT2D eigenvalue weighted by Gasteiger charge is 2.32. The van der Waals surface area contributed by atoms with Crippen LogP contribution in [0.3, 0.4) is 0 Å². The molecule has 252 valence electrons. The van der Waals surface area contributed by atoms with Gasteiger partial charge in [0.25, 0.3) is 11.5 Å². The predicted octanol–water partition coefficient (Wildman–Crippen LogP) is 3.21. The molecule has 3 N–H and O–H groups in total. The molecule has 2 amide bonds. The van der Waals surface area contributed by atoms with E-state index in [1.807, 2.05) is 18.0 Å². The number of carbonyl (C=O) groups excluding carboxylic acids is 2. The highest BCUT2D eigenvalue weighted by Crippen LogP contribution is 2.32. The molecule has 2 aliphatic heterocycles. The quantitative estimate of drug-likeness (QED) is 0.271. The molecule has 0 atom stereocenters. The maximum absolute atomic E-state index is 14.1. The molecule has 6 rings (SSSR count). The van der Waals surface area contributed by atoms with Crippen LogP contribution < -0.4 is 21.1 Å². The van der Waals surface area contributed by atoms with Gasteiger partial charge in [-0.2, -0.15) is 22.7 Å². The first-order valence-electron chi connectivity index (χ1n) is 15.6. The molecule has 0 aliphatic carbocycles. The molecule has 5 heterocycles. The molecule has 1 saturated heterocycles. The summed E-state index contributed by atoms with van der Waals surface area (Å²) in [6.07, 6.45) is 0.599. The normalized spacial score (nSPS) is 15.3. The second-order valence-electron chi connectivity index (χ2n) is 11.6. The van der Waals surface area contributed by atoms with Crippen molar-refractivity contribution in [2.24, 2.45) is 0 Å². The highest BCUT2D eigenvalue weighted by atomic mass is 19.4. The van der Waals surface area contributed by atoms with Gasteiger partial charge in [0.15, 0.2) is 11.5 Å². The molecule has 13 nitrogen and oxygen atoms in total. The van der Waals surface area contributed by atoms with E-state index in [0.29, 0.717) is 30.0 Å². The predicted molar refractivity (Wildman–Crippen MR) is 171 cm³/mol. The Morgan fingerprint density at radius 2 is 1.90 bits per heavy atom. The van der Waals surface area contributed by atoms with Crippen LogP contribution in [0.25, 0.3) is 11.4 Å². The van der Waals surface area contributed by atoms with Gasteiger partial charge < -0.3 is 30.1 Å². The van der Waals surface area contributed by atoms with Crippen LogP contribution in [0.15, 0.2) is 47.5 Å². The Labute approximate surface area is 272 Å². The monoisotopic (exact) mass is 665 g/mol. The molecule has 16 heteroatoms. The van der Waals surface area contributed by atoms with E-state index in [-0.39, 0.29) is 61.2 Å². The summed E-state index contributed by atoms with van der Waals surface area (Å²) in [4.78, 5) is 52.8. The maximum atomic E-state index is 14.1. The molecule has 3 aromatic heterocycles. The summed E-state index contributed by atoms with van der Waals surface area (Å²) in [6.45, 7) is 4.86. The number of nitrogens with zero attached hydrogens (tertiary/aromatic N) is 7. The number of aryl methyl sites for hydroxylation is 1. The number of rotatable bonds is 7. The zero-order valence-corrected chi connectivity index (χ0v) is 26.3. The minimum atomic E-state index is -4.52. The van der Waals surface area contributed by atoms with Crippen molar-refractivity contribution in [3.63, 3.8) is 0 Å². The van der Waals surface area contributed by atoms with Crippen molar-refractivity contribution in [1.82, 2.24) is 34.4 Å². The largest absolute Gasteiger partial charge is 0.505 e. The Balaban J connectivity index is 1.35. The summed E-state index contributed by atoms with van der Waals surface area (Å²) < 4.78 is 42.5. The summed E-state index contributed by atoms with van der Waals surface area (Å²) in [5, 5.41) is 20.6. The third-order valence-corrected chi connectivity index (χ3v) is 8.49. The smallest absolute Gasteiger partial charge is 0.416 e. The SMILES string of the molecule is CCc1c(N2CCN(C(=O)c3ncccc3O)CC2)c(=O)n2nc(C3=CNCCC3)nc2n1CC(=O)Nc1ccc(C(F)(F)F)cc1C. The fourth-order valence-corrected chi connectivity index (χ4v) is 6.05. The number of halogens is 3. The van der Waals surface area contributed by atoms with Gasteiger partial charge in [0.05, 0.1) is 11.3 Å². The van der Waals surface area contributed by atoms with Crippen molar-refractivity contribution in [3.05, 3.63) is 81.4 Å². The number of anilines is 2. The molecular formula is C32H34F3N9O4. The van der Waals surface area contributed by atoms with Gasteiger partial charge in [0.1, 0.15) is 18.0 Å². The number of piperazine rings is 1. The summed E-state index contributed by atoms with van der Waals surface area (Å²) in [7, 11) is 0. The van der Waals surface area contributed by atoms with Crippen LogP contribution in [0.1, 0.15) is 52.9 Å². The lowest BCUT2D eigenvalue weighted by Crippen LogP contribution is -2.51. The second kappa shape index (κ2) is 13.0. The average molecular weight is 666 g/mol. The van der Waals surface area contributed by atoms with E-state index in [0.717, 1.165) is 30.7 Å². The molecule has 1 aromatic carbocycles. The number of alkyl halides is 3. The Kier molecular flexibility index (Phi) is 8.81. The number of carbonyl (C=O) groups is 2. The van der Waals surface area contributed by atoms with E-state index in [4.69, 9.17) is 0 Å². The van der Waals surface area contributed by atoms with E-state index in [9.17, 15) is 32.7 Å². The van der Waals surface area contributed by atoms with Crippen molar-refractivity contribution in [3.8, 4) is 5.75 Å². The molecule has 0 saturated carbocycles. The van der Waals surface area contributed by atoms with Crippen molar-refractivity contribution in [2.75, 3.05) is 42.9 Å². The number of pyridine rings is 1. The zero-order valence-electron chi connectivity index (χ0n) is 26.3. The number of aromatic hydroxyl groups is 1. The second-order valence-corrected chi connectivity index (χ2v) is 11.6. The van der Waals surface area contributed by atoms with Crippen LogP contribution in [0.5, 0.6) is 5.75 Å². The fourth-order valence-electron chi connectivity index (χ4n) is 6.05. The van der Waals surface area contributed by atoms with Gasteiger partial charge >= 0.3 is 6.18 Å². The number of hydrogen-bond acceptors (Lipinski definition) is 9. The van der Waals surface area contributed by atoms with E-state index in [1.54, 1.807) is 9.47 Å². The number of amides is 2. The topological polar surface area (TPSA) is 150 Å². The van der Waals surface area contributed by atoms with Crippen LogP contribution in [-0.4, -0.2) is 78.7 Å². The van der Waals surface area contributed by atoms with Crippen LogP contribution >= 0.6 is 0 Å². The van der Waals surface area contributed by atoms with Crippen molar-refractivity contribution in [1.29, 1.82) is 0 Å². The maximum Gasteiger partial charge on any atom is 0.416 e. The minimum absolute atomic E-state index is 0.0556. The number of allylic oxidation sites excluding steroid dienone is 1. The molecule has 1 fully saturated rings. The third kappa shape index (κ3) is 6.29. The van der Waals surface area contributed by atoms with Gasteiger partial charge in [-0.3, -0.25) is 14.4 Å². The van der Waals surface area contributed by atoms with Gasteiger partial charge in [-0.05, 0) is 62.1 Å². The molecule has 0 radical (unpaired) electrons. The number of fused-ring (bicyclic) bond motifs is 1. The van der Waals surface area contributed by atoms with Crippen LogP contribution in [0.4, 0.5) is 24.5 Å². The average Bonchev–Trinajstić information content (AvgIpc) is 3.53. The van der Waals surface area contributed by atoms with Crippen molar-refractivity contribution >= 4 is 34.5 Å². The van der Waals surface area contributed by atoms with Crippen LogP contribution in [0.2, 0.25) is 0 Å². The van der Waals surface area contributed by atoms with Crippen molar-refractivity contribution in [2.45, 2.75) is 45.8 Å². The van der Waals surface area contributed by atoms with E-state index in [2.05, 4.69) is 25.7 Å². The molecule has 4 aromatic rings. The van der Waals surface area contributed by atoms with Gasteiger partial charge in [-0.15, -0.1) is 5.10 Å². The molecule has 2 aliphatic rings. The Morgan fingerprint density at radius 1 is 1.12 bits per heavy atom. The number of nitrogens with one attached hydrogen (secondary N) is 2. The lowest BCUT2D eigenvalue weighted by atomic mass is 10.1. The number of aromatic nitrogens is 5. The molecular weight excluding hydrogens is 631 g/mol. The molecule has 0 bridgehead atoms. The van der Waals surface area contributed by atoms with Gasteiger partial charge in [-0.1, -0.05) is 6.92 Å². The zero-order chi connectivity index (χ0) is 34.2. The third-order valence-electron chi connectivity index (χ3n) is 8.49. The first kappa shape index (κ1) is 32.5. The van der Waals surface area contributed by atoms with E-state index in [1.165, 1.54) is 35.8 Å². The summed E-state index contributed by atoms with van der Waals surface area (Å²) >= 11 is 0. The number of benzene rings is 1. The van der Waals surface area contributed by atoms with Gasteiger partial charge in [0.2, 0.25) is 11.7 Å². The summed E-state index contributed by atoms with van der Waals surface area (Å²) in [6, 6.07) is 6.01. The lowest BCUT2D eigenvalue weighted by molar-refractivity contribution is -0.137. The van der Waals surface area contributed by atoms with E-state index >= 15 is 0 Å². The number of hydrogen-bond donors (Lipinski definition) is 3. The Morgan fingerprint density at radius 3 is 2.54 bits per heavy atom. The highest BCUT2D eigenvalue weighted by molar-refractivity contribution is 5.95. The van der Waals surface area contributed by atoms with Gasteiger partial charge in [-0.25, -0.2) is 4.98 Å². The van der Waals surface area contributed by atoms with Gasteiger partial charge in [0, 0.05) is 56.4 Å². The lowest BCUT2D eigenvalue weighted by Gasteiger charge is -2.36. The van der Waals surface area contributed by atoms with Crippen LogP contribution in [-0.2, 0) is 23.9 Å². The Bertz CT molecular complexity index is 1980. The fraction of sp³-hybridized carbons (Fsp3) is 0.375. The van der Waals surface area contributed by atoms with Crippen molar-refractivity contribution < 1.29 is 27.9 Å². The van der Waals surface area contributed by atoms with E-state index < -0.39 is 29.1 Å². The molecule has 0 unspecified atom stereocenters. The first-order valence-corrected chi connectivity index (χ1v) is 15.6. The summed E-state index contributed by atoms with van der Waals surface area (Å²) in [5.41, 5.74) is 0.801. The first-order chi connectivity index (χ1) is 23.0. The minimum Gasteiger partial charge on any atom is -0.505 e. The van der Waals surface area contributed by atoms with Crippen LogP contribution in [0, 0.1) is 6.92 Å². The summed E-state index contributed by atoms with van der Waals surface area (Å²) in [5.74, 6) is -0.682. The Hall–Kier alpha value is -5.41. The standard InChI is InChI=1S/C32H34F3N9O4/c1-3-23-27(41-12-14-42(15-13-41)29(47)26-24(45)7-5-11-37-26)30(48)44-31(39-28(40-44)20-6-4-10-36-17-20)43(23)18-25(46)38-22-9-8-21(16-19(22)2)32(33,34)35/h5,7-9,11,16-17,36,45H,3-4,6,10,12-15,18H2,1-2H3,(H,38,46). The molecule has 0 spiro atoms.